The van der Waals surface area contributed by atoms with Crippen LogP contribution in [0.5, 0.6) is 0 Å². The molecule has 0 bridgehead atoms. The number of aromatic nitrogens is 3. The van der Waals surface area contributed by atoms with Crippen LogP contribution in [0.2, 0.25) is 0 Å². The van der Waals surface area contributed by atoms with E-state index in [1.165, 1.54) is 10.9 Å². The maximum absolute atomic E-state index is 10.8. The molecule has 74 valence electrons. The fourth-order valence-electron chi connectivity index (χ4n) is 0.839. The Kier molecular flexibility index (Phi) is 2.55. The first-order chi connectivity index (χ1) is 5.90. The molecule has 1 heterocycles. The predicted molar refractivity (Wildman–Crippen MR) is 48.9 cm³/mol. The van der Waals surface area contributed by atoms with Crippen molar-refractivity contribution in [3.8, 4) is 0 Å². The third-order valence-electron chi connectivity index (χ3n) is 1.69. The van der Waals surface area contributed by atoms with Gasteiger partial charge in [0.15, 0.2) is 5.82 Å². The highest BCUT2D eigenvalue weighted by atomic mass is 32.2. The highest BCUT2D eigenvalue weighted by Gasteiger charge is 2.07. The number of aryl methyl sites for hydroxylation is 1. The van der Waals surface area contributed by atoms with Crippen LogP contribution in [0.25, 0.3) is 0 Å². The second-order valence-electron chi connectivity index (χ2n) is 2.91. The second-order valence-corrected chi connectivity index (χ2v) is 5.17. The standard InChI is InChI=1S/C6H12N4O2S/c1-5-6(7)8-9-10(5)3-4-13(2,11)12/h3-4,7H2,1-2H3. The molecular weight excluding hydrogens is 192 g/mol. The average molecular weight is 204 g/mol. The largest absolute Gasteiger partial charge is 0.381 e. The van der Waals surface area contributed by atoms with Gasteiger partial charge in [-0.15, -0.1) is 5.10 Å². The Labute approximate surface area is 76.7 Å². The number of nitrogens with zero attached hydrogens (tertiary/aromatic N) is 3. The van der Waals surface area contributed by atoms with E-state index in [4.69, 9.17) is 5.73 Å². The molecule has 0 fully saturated rings. The molecule has 13 heavy (non-hydrogen) atoms. The fraction of sp³-hybridized carbons (Fsp3) is 0.667. The van der Waals surface area contributed by atoms with E-state index in [1.54, 1.807) is 6.92 Å². The van der Waals surface area contributed by atoms with Gasteiger partial charge >= 0.3 is 0 Å². The molecule has 0 aliphatic carbocycles. The van der Waals surface area contributed by atoms with Crippen molar-refractivity contribution in [3.05, 3.63) is 5.69 Å². The third-order valence-corrected chi connectivity index (χ3v) is 2.62. The zero-order valence-electron chi connectivity index (χ0n) is 7.56. The molecule has 0 aliphatic rings. The smallest absolute Gasteiger partial charge is 0.168 e. The molecule has 1 rings (SSSR count). The van der Waals surface area contributed by atoms with Crippen LogP contribution in [0, 0.1) is 6.92 Å². The van der Waals surface area contributed by atoms with Gasteiger partial charge in [0.1, 0.15) is 9.84 Å². The molecule has 0 amide bonds. The van der Waals surface area contributed by atoms with E-state index in [0.29, 0.717) is 18.1 Å². The lowest BCUT2D eigenvalue weighted by atomic mass is 10.5. The summed E-state index contributed by atoms with van der Waals surface area (Å²) in [5, 5.41) is 7.31. The van der Waals surface area contributed by atoms with E-state index in [0.717, 1.165) is 0 Å². The molecule has 7 heteroatoms. The van der Waals surface area contributed by atoms with Crippen molar-refractivity contribution in [3.63, 3.8) is 0 Å². The van der Waals surface area contributed by atoms with Crippen molar-refractivity contribution in [1.82, 2.24) is 15.0 Å². The number of nitrogens with two attached hydrogens (primary N) is 1. The summed E-state index contributed by atoms with van der Waals surface area (Å²) in [4.78, 5) is 0. The molecule has 0 unspecified atom stereocenters. The molecule has 1 aromatic rings. The van der Waals surface area contributed by atoms with Crippen molar-refractivity contribution in [2.75, 3.05) is 17.7 Å². The van der Waals surface area contributed by atoms with E-state index < -0.39 is 9.84 Å². The van der Waals surface area contributed by atoms with Gasteiger partial charge in [0.2, 0.25) is 0 Å². The van der Waals surface area contributed by atoms with Gasteiger partial charge in [-0.2, -0.15) is 0 Å². The van der Waals surface area contributed by atoms with E-state index >= 15 is 0 Å². The molecule has 1 aromatic heterocycles. The van der Waals surface area contributed by atoms with Gasteiger partial charge in [-0.1, -0.05) is 5.21 Å². The van der Waals surface area contributed by atoms with Gasteiger partial charge in [0, 0.05) is 6.26 Å². The van der Waals surface area contributed by atoms with Crippen LogP contribution in [0.4, 0.5) is 5.82 Å². The molecule has 0 radical (unpaired) electrons. The van der Waals surface area contributed by atoms with Crippen molar-refractivity contribution in [2.45, 2.75) is 13.5 Å². The van der Waals surface area contributed by atoms with Gasteiger partial charge < -0.3 is 5.73 Å². The quantitative estimate of drug-likeness (QED) is 0.697. The Balaban J connectivity index is 2.71. The third kappa shape index (κ3) is 2.69. The van der Waals surface area contributed by atoms with Crippen LogP contribution < -0.4 is 5.73 Å². The van der Waals surface area contributed by atoms with Crippen LogP contribution in [0.3, 0.4) is 0 Å². The first kappa shape index (κ1) is 9.97. The van der Waals surface area contributed by atoms with Gasteiger partial charge in [-0.05, 0) is 6.92 Å². The van der Waals surface area contributed by atoms with Crippen LogP contribution in [-0.2, 0) is 16.4 Å². The SMILES string of the molecule is Cc1c(N)nnn1CCS(C)(=O)=O. The zero-order valence-corrected chi connectivity index (χ0v) is 8.37. The summed E-state index contributed by atoms with van der Waals surface area (Å²) in [6.45, 7) is 2.05. The molecule has 0 aliphatic heterocycles. The summed E-state index contributed by atoms with van der Waals surface area (Å²) in [5.74, 6) is 0.393. The lowest BCUT2D eigenvalue weighted by molar-refractivity contribution is 0.574. The highest BCUT2D eigenvalue weighted by Crippen LogP contribution is 2.04. The summed E-state index contributed by atoms with van der Waals surface area (Å²) in [7, 11) is -2.96. The van der Waals surface area contributed by atoms with E-state index in [2.05, 4.69) is 10.3 Å². The Hall–Kier alpha value is -1.11. The van der Waals surface area contributed by atoms with E-state index in [1.807, 2.05) is 0 Å². The second kappa shape index (κ2) is 3.33. The molecule has 0 spiro atoms. The number of anilines is 1. The Morgan fingerprint density at radius 1 is 1.54 bits per heavy atom. The maximum Gasteiger partial charge on any atom is 0.168 e. The van der Waals surface area contributed by atoms with Crippen LogP contribution in [0.15, 0.2) is 0 Å². The predicted octanol–water partition coefficient (Wildman–Crippen LogP) is -0.787. The molecule has 6 nitrogen and oxygen atoms in total. The lowest BCUT2D eigenvalue weighted by Crippen LogP contribution is -2.13. The van der Waals surface area contributed by atoms with Gasteiger partial charge in [-0.3, -0.25) is 0 Å². The summed E-state index contributed by atoms with van der Waals surface area (Å²) in [5.41, 5.74) is 6.13. The van der Waals surface area contributed by atoms with Crippen molar-refractivity contribution in [1.29, 1.82) is 0 Å². The summed E-state index contributed by atoms with van der Waals surface area (Å²) >= 11 is 0. The number of rotatable bonds is 3. The first-order valence-corrected chi connectivity index (χ1v) is 5.79. The summed E-state index contributed by atoms with van der Waals surface area (Å²) < 4.78 is 23.1. The average Bonchev–Trinajstić information content (AvgIpc) is 2.29. The normalized spacial score (nSPS) is 11.8. The van der Waals surface area contributed by atoms with E-state index in [9.17, 15) is 8.42 Å². The molecule has 2 N–H and O–H groups in total. The Morgan fingerprint density at radius 3 is 2.54 bits per heavy atom. The monoisotopic (exact) mass is 204 g/mol. The summed E-state index contributed by atoms with van der Waals surface area (Å²) in [6.07, 6.45) is 1.18. The Bertz CT molecular complexity index is 395. The summed E-state index contributed by atoms with van der Waals surface area (Å²) in [6, 6.07) is 0. The Morgan fingerprint density at radius 2 is 2.15 bits per heavy atom. The fourth-order valence-corrected chi connectivity index (χ4v) is 1.34. The van der Waals surface area contributed by atoms with Gasteiger partial charge in [-0.25, -0.2) is 13.1 Å². The lowest BCUT2D eigenvalue weighted by Gasteiger charge is -2.00. The number of sulfone groups is 1. The minimum atomic E-state index is -2.96. The minimum absolute atomic E-state index is 0.0522. The van der Waals surface area contributed by atoms with Crippen LogP contribution >= 0.6 is 0 Å². The van der Waals surface area contributed by atoms with Crippen LogP contribution in [0.1, 0.15) is 5.69 Å². The number of nitrogen functional groups attached to an aromatic ring is 1. The molecular formula is C6H12N4O2S. The zero-order chi connectivity index (χ0) is 10.1. The maximum atomic E-state index is 10.8. The number of hydrogen-bond donors (Lipinski definition) is 1. The number of hydrogen-bond acceptors (Lipinski definition) is 5. The minimum Gasteiger partial charge on any atom is -0.381 e. The van der Waals surface area contributed by atoms with Gasteiger partial charge in [0.05, 0.1) is 18.0 Å². The van der Waals surface area contributed by atoms with E-state index in [-0.39, 0.29) is 5.75 Å². The van der Waals surface area contributed by atoms with Gasteiger partial charge in [0.25, 0.3) is 0 Å². The van der Waals surface area contributed by atoms with Crippen molar-refractivity contribution >= 4 is 15.7 Å². The topological polar surface area (TPSA) is 90.9 Å². The molecule has 0 atom stereocenters. The molecule has 0 saturated carbocycles. The first-order valence-electron chi connectivity index (χ1n) is 3.73. The highest BCUT2D eigenvalue weighted by molar-refractivity contribution is 7.90. The van der Waals surface area contributed by atoms with Crippen molar-refractivity contribution in [2.24, 2.45) is 0 Å². The molecule has 0 aromatic carbocycles. The van der Waals surface area contributed by atoms with Crippen molar-refractivity contribution < 1.29 is 8.42 Å². The van der Waals surface area contributed by atoms with Crippen LogP contribution in [-0.4, -0.2) is 35.4 Å². The molecule has 0 saturated heterocycles.